The number of benzene rings is 2. The van der Waals surface area contributed by atoms with Gasteiger partial charge in [-0.2, -0.15) is 0 Å². The van der Waals surface area contributed by atoms with Crippen LogP contribution in [-0.2, 0) is 9.59 Å². The van der Waals surface area contributed by atoms with Crippen molar-refractivity contribution in [2.45, 2.75) is 18.5 Å². The molecule has 9 heteroatoms. The van der Waals surface area contributed by atoms with Crippen molar-refractivity contribution in [3.63, 3.8) is 0 Å². The van der Waals surface area contributed by atoms with Gasteiger partial charge in [0.1, 0.15) is 5.82 Å². The van der Waals surface area contributed by atoms with E-state index in [-0.39, 0.29) is 24.9 Å². The van der Waals surface area contributed by atoms with Gasteiger partial charge in [0.15, 0.2) is 0 Å². The Balaban J connectivity index is 0.00000245. The Morgan fingerprint density at radius 2 is 1.81 bits per heavy atom. The molecule has 1 aliphatic carbocycles. The quantitative estimate of drug-likeness (QED) is 0.371. The van der Waals surface area contributed by atoms with Crippen molar-refractivity contribution in [3.05, 3.63) is 72.1 Å². The number of amides is 2. The fraction of sp³-hybridized carbons (Fsp3) is 0.130. The molecule has 2 amide bonds. The molecule has 0 fully saturated rings. The zero-order chi connectivity index (χ0) is 21.5. The molecule has 0 saturated heterocycles. The Hall–Kier alpha value is -3.75. The van der Waals surface area contributed by atoms with E-state index in [2.05, 4.69) is 15.3 Å². The number of aromatic nitrogens is 3. The topological polar surface area (TPSA) is 140 Å². The second kappa shape index (κ2) is 8.41. The maximum atomic E-state index is 12.7. The first kappa shape index (κ1) is 21.5. The first-order chi connectivity index (χ1) is 15.0. The highest BCUT2D eigenvalue weighted by Gasteiger charge is 2.33. The third-order valence-electron chi connectivity index (χ3n) is 5.53. The molecule has 2 atom stereocenters. The van der Waals surface area contributed by atoms with E-state index in [1.165, 1.54) is 0 Å². The number of fused-ring (bicyclic) bond motifs is 4. The second-order valence-corrected chi connectivity index (χ2v) is 7.55. The number of carbonyl (C=O) groups excluding carboxylic acids is 2. The Bertz CT molecular complexity index is 1300. The van der Waals surface area contributed by atoms with Crippen LogP contribution in [0, 0.1) is 0 Å². The number of hydrogen-bond acceptors (Lipinski definition) is 5. The molecule has 4 aromatic rings. The molecule has 0 saturated carbocycles. The van der Waals surface area contributed by atoms with Gasteiger partial charge in [-0.25, -0.2) is 4.98 Å². The van der Waals surface area contributed by atoms with Crippen molar-refractivity contribution < 1.29 is 9.59 Å². The number of rotatable bonds is 5. The van der Waals surface area contributed by atoms with E-state index in [1.54, 1.807) is 12.4 Å². The molecule has 32 heavy (non-hydrogen) atoms. The number of carbonyl (C=O) groups is 2. The maximum absolute atomic E-state index is 12.7. The van der Waals surface area contributed by atoms with E-state index in [0.717, 1.165) is 44.7 Å². The van der Waals surface area contributed by atoms with Crippen LogP contribution in [0.3, 0.4) is 0 Å². The average molecular weight is 449 g/mol. The van der Waals surface area contributed by atoms with Crippen molar-refractivity contribution in [2.75, 3.05) is 0 Å². The van der Waals surface area contributed by atoms with E-state index in [9.17, 15) is 9.59 Å². The van der Waals surface area contributed by atoms with Crippen LogP contribution in [0.25, 0.3) is 33.5 Å². The first-order valence-electron chi connectivity index (χ1n) is 9.89. The predicted molar refractivity (Wildman–Crippen MR) is 124 cm³/mol. The van der Waals surface area contributed by atoms with Crippen LogP contribution >= 0.6 is 12.4 Å². The summed E-state index contributed by atoms with van der Waals surface area (Å²) in [5.41, 5.74) is 17.6. The maximum Gasteiger partial charge on any atom is 0.238 e. The monoisotopic (exact) mass is 448 g/mol. The number of nitrogens with one attached hydrogen (secondary N) is 2. The van der Waals surface area contributed by atoms with Gasteiger partial charge >= 0.3 is 0 Å². The fourth-order valence-corrected chi connectivity index (χ4v) is 4.15. The Morgan fingerprint density at radius 3 is 2.59 bits per heavy atom. The first-order valence-corrected chi connectivity index (χ1v) is 9.89. The SMILES string of the molecule is Cl.NC(=O)CC(N)C(=O)NC1c2ccccc2-c2c(-c3nc4ccncc4[nH]3)cccc21. The zero-order valence-electron chi connectivity index (χ0n) is 16.9. The number of imidazole rings is 1. The molecule has 2 aromatic heterocycles. The number of H-pyrrole nitrogens is 1. The zero-order valence-corrected chi connectivity index (χ0v) is 17.7. The molecule has 162 valence electrons. The van der Waals surface area contributed by atoms with Crippen LogP contribution in [-0.4, -0.2) is 32.8 Å². The van der Waals surface area contributed by atoms with E-state index in [0.29, 0.717) is 0 Å². The molecule has 1 aliphatic rings. The van der Waals surface area contributed by atoms with Gasteiger partial charge in [-0.15, -0.1) is 12.4 Å². The van der Waals surface area contributed by atoms with Crippen LogP contribution in [0.1, 0.15) is 23.6 Å². The molecule has 0 bridgehead atoms. The molecule has 0 aliphatic heterocycles. The lowest BCUT2D eigenvalue weighted by molar-refractivity contribution is -0.126. The summed E-state index contributed by atoms with van der Waals surface area (Å²) in [6.45, 7) is 0. The Kier molecular flexibility index (Phi) is 5.65. The average Bonchev–Trinajstić information content (AvgIpc) is 3.33. The number of halogens is 1. The number of primary amides is 1. The summed E-state index contributed by atoms with van der Waals surface area (Å²) in [7, 11) is 0. The molecule has 5 rings (SSSR count). The summed E-state index contributed by atoms with van der Waals surface area (Å²) in [6.07, 6.45) is 3.24. The van der Waals surface area contributed by atoms with Gasteiger partial charge in [-0.05, 0) is 28.3 Å². The summed E-state index contributed by atoms with van der Waals surface area (Å²) >= 11 is 0. The van der Waals surface area contributed by atoms with Crippen LogP contribution in [0.5, 0.6) is 0 Å². The van der Waals surface area contributed by atoms with Gasteiger partial charge in [0.05, 0.1) is 35.7 Å². The van der Waals surface area contributed by atoms with Gasteiger partial charge < -0.3 is 21.8 Å². The number of nitrogens with zero attached hydrogens (tertiary/aromatic N) is 2. The Labute approximate surface area is 189 Å². The minimum Gasteiger partial charge on any atom is -0.370 e. The standard InChI is InChI=1S/C23H20N6O2.ClH/c24-16(10-19(25)30)23(31)29-21-13-5-2-1-4-12(13)20-14(21)6-3-7-15(20)22-27-17-8-9-26-11-18(17)28-22;/h1-9,11,16,21H,10,24H2,(H2,25,30)(H,27,28)(H,29,31);1H. The van der Waals surface area contributed by atoms with E-state index in [1.807, 2.05) is 48.5 Å². The third-order valence-corrected chi connectivity index (χ3v) is 5.53. The van der Waals surface area contributed by atoms with Gasteiger partial charge in [0.2, 0.25) is 11.8 Å². The van der Waals surface area contributed by atoms with Crippen molar-refractivity contribution in [3.8, 4) is 22.5 Å². The summed E-state index contributed by atoms with van der Waals surface area (Å²) in [5.74, 6) is -0.310. The lowest BCUT2D eigenvalue weighted by atomic mass is 9.98. The summed E-state index contributed by atoms with van der Waals surface area (Å²) in [5, 5.41) is 2.99. The van der Waals surface area contributed by atoms with Crippen molar-refractivity contribution in [1.82, 2.24) is 20.3 Å². The normalized spacial score (nSPS) is 14.8. The van der Waals surface area contributed by atoms with Gasteiger partial charge in [-0.3, -0.25) is 14.6 Å². The molecule has 8 nitrogen and oxygen atoms in total. The van der Waals surface area contributed by atoms with Crippen molar-refractivity contribution in [2.24, 2.45) is 11.5 Å². The fourth-order valence-electron chi connectivity index (χ4n) is 4.15. The van der Waals surface area contributed by atoms with Crippen molar-refractivity contribution in [1.29, 1.82) is 0 Å². The number of pyridine rings is 1. The molecular weight excluding hydrogens is 428 g/mol. The van der Waals surface area contributed by atoms with E-state index < -0.39 is 17.9 Å². The van der Waals surface area contributed by atoms with Crippen LogP contribution in [0.2, 0.25) is 0 Å². The van der Waals surface area contributed by atoms with Gasteiger partial charge in [0, 0.05) is 11.8 Å². The molecular formula is C23H21ClN6O2. The Morgan fingerprint density at radius 1 is 1.06 bits per heavy atom. The molecule has 0 radical (unpaired) electrons. The minimum absolute atomic E-state index is 0. The van der Waals surface area contributed by atoms with Gasteiger partial charge in [0.25, 0.3) is 0 Å². The number of aromatic amines is 1. The second-order valence-electron chi connectivity index (χ2n) is 7.55. The highest BCUT2D eigenvalue weighted by molar-refractivity contribution is 5.94. The van der Waals surface area contributed by atoms with Crippen molar-refractivity contribution >= 4 is 35.3 Å². The molecule has 6 N–H and O–H groups in total. The molecule has 2 heterocycles. The predicted octanol–water partition coefficient (Wildman–Crippen LogP) is 2.44. The van der Waals surface area contributed by atoms with Crippen LogP contribution in [0.15, 0.2) is 60.9 Å². The lowest BCUT2D eigenvalue weighted by Crippen LogP contribution is -2.44. The van der Waals surface area contributed by atoms with Crippen LogP contribution in [0.4, 0.5) is 0 Å². The molecule has 2 unspecified atom stereocenters. The molecule has 2 aromatic carbocycles. The molecule has 0 spiro atoms. The smallest absolute Gasteiger partial charge is 0.238 e. The lowest BCUT2D eigenvalue weighted by Gasteiger charge is -2.18. The number of hydrogen-bond donors (Lipinski definition) is 4. The summed E-state index contributed by atoms with van der Waals surface area (Å²) < 4.78 is 0. The van der Waals surface area contributed by atoms with Gasteiger partial charge in [-0.1, -0.05) is 42.5 Å². The van der Waals surface area contributed by atoms with E-state index in [4.69, 9.17) is 16.5 Å². The van der Waals surface area contributed by atoms with E-state index >= 15 is 0 Å². The third kappa shape index (κ3) is 3.59. The summed E-state index contributed by atoms with van der Waals surface area (Å²) in [4.78, 5) is 36.0. The number of nitrogens with two attached hydrogens (primary N) is 2. The summed E-state index contributed by atoms with van der Waals surface area (Å²) in [6, 6.07) is 14.3. The van der Waals surface area contributed by atoms with Crippen LogP contribution < -0.4 is 16.8 Å². The highest BCUT2D eigenvalue weighted by Crippen LogP contribution is 2.47. The highest BCUT2D eigenvalue weighted by atomic mass is 35.5. The minimum atomic E-state index is -1.00. The largest absolute Gasteiger partial charge is 0.370 e.